The summed E-state index contributed by atoms with van der Waals surface area (Å²) in [5.74, 6) is 1.82. The minimum absolute atomic E-state index is 0.0709. The summed E-state index contributed by atoms with van der Waals surface area (Å²) >= 11 is 0. The van der Waals surface area contributed by atoms with Crippen LogP contribution in [0, 0.1) is 17.3 Å². The van der Waals surface area contributed by atoms with E-state index < -0.39 is 0 Å². The molecule has 3 fully saturated rings. The third kappa shape index (κ3) is 0.693. The van der Waals surface area contributed by atoms with Crippen LogP contribution in [-0.2, 0) is 0 Å². The van der Waals surface area contributed by atoms with Crippen LogP contribution in [0.2, 0.25) is 0 Å². The Morgan fingerprint density at radius 1 is 1.08 bits per heavy atom. The molecule has 0 radical (unpaired) electrons. The van der Waals surface area contributed by atoms with E-state index in [1.807, 2.05) is 0 Å². The van der Waals surface area contributed by atoms with Crippen molar-refractivity contribution in [3.8, 4) is 0 Å². The predicted octanol–water partition coefficient (Wildman–Crippen LogP) is 2.34. The average Bonchev–Trinajstić information content (AvgIpc) is 2.57. The van der Waals surface area contributed by atoms with Crippen LogP contribution in [-0.4, -0.2) is 11.2 Å². The molecule has 0 amide bonds. The quantitative estimate of drug-likeness (QED) is 0.585. The molecular formula is C11H18O. The molecule has 0 aromatic rings. The third-order valence-electron chi connectivity index (χ3n) is 4.89. The molecule has 1 heteroatoms. The fraction of sp³-hybridized carbons (Fsp3) is 1.00. The zero-order valence-electron chi connectivity index (χ0n) is 7.63. The molecule has 0 spiro atoms. The van der Waals surface area contributed by atoms with E-state index in [9.17, 15) is 5.11 Å². The smallest absolute Gasteiger partial charge is 0.0601 e. The molecule has 3 saturated carbocycles. The molecule has 0 aromatic heterocycles. The molecular weight excluding hydrogens is 148 g/mol. The molecule has 1 nitrogen and oxygen atoms in total. The summed E-state index contributed by atoms with van der Waals surface area (Å²) in [6.07, 6.45) is 9.50. The van der Waals surface area contributed by atoms with E-state index in [0.717, 1.165) is 18.3 Å². The fourth-order valence-corrected chi connectivity index (χ4v) is 4.35. The maximum Gasteiger partial charge on any atom is 0.0601 e. The lowest BCUT2D eigenvalue weighted by molar-refractivity contribution is 0.000950. The first-order chi connectivity index (χ1) is 5.83. The van der Waals surface area contributed by atoms with Crippen molar-refractivity contribution < 1.29 is 5.11 Å². The molecule has 0 aromatic carbocycles. The van der Waals surface area contributed by atoms with E-state index in [1.54, 1.807) is 0 Å². The van der Waals surface area contributed by atoms with Crippen LogP contribution < -0.4 is 0 Å². The van der Waals surface area contributed by atoms with Crippen molar-refractivity contribution in [3.63, 3.8) is 0 Å². The zero-order chi connectivity index (χ0) is 8.18. The Kier molecular flexibility index (Phi) is 1.39. The SMILES string of the molecule is O[C@H]1C[C@@H]2CC[C@]13CCCC[C@@H]23. The van der Waals surface area contributed by atoms with Gasteiger partial charge in [0.15, 0.2) is 0 Å². The summed E-state index contributed by atoms with van der Waals surface area (Å²) in [6.45, 7) is 0. The highest BCUT2D eigenvalue weighted by Crippen LogP contribution is 2.63. The van der Waals surface area contributed by atoms with Gasteiger partial charge in [0, 0.05) is 0 Å². The van der Waals surface area contributed by atoms with Crippen LogP contribution >= 0.6 is 0 Å². The fourth-order valence-electron chi connectivity index (χ4n) is 4.35. The van der Waals surface area contributed by atoms with Gasteiger partial charge < -0.3 is 5.11 Å². The highest BCUT2D eigenvalue weighted by atomic mass is 16.3. The van der Waals surface area contributed by atoms with E-state index in [2.05, 4.69) is 0 Å². The van der Waals surface area contributed by atoms with E-state index in [4.69, 9.17) is 0 Å². The first-order valence-corrected chi connectivity index (χ1v) is 5.51. The average molecular weight is 166 g/mol. The van der Waals surface area contributed by atoms with Crippen molar-refractivity contribution in [1.29, 1.82) is 0 Å². The number of rotatable bonds is 0. The predicted molar refractivity (Wildman–Crippen MR) is 47.7 cm³/mol. The maximum atomic E-state index is 10.0. The first kappa shape index (κ1) is 7.37. The van der Waals surface area contributed by atoms with Gasteiger partial charge in [-0.05, 0) is 49.4 Å². The van der Waals surface area contributed by atoms with Crippen LogP contribution in [0.3, 0.4) is 0 Å². The Bertz CT molecular complexity index is 201. The van der Waals surface area contributed by atoms with Gasteiger partial charge in [-0.2, -0.15) is 0 Å². The second-order valence-corrected chi connectivity index (χ2v) is 5.14. The van der Waals surface area contributed by atoms with E-state index >= 15 is 0 Å². The van der Waals surface area contributed by atoms with Crippen molar-refractivity contribution in [2.24, 2.45) is 17.3 Å². The van der Waals surface area contributed by atoms with E-state index in [1.165, 1.54) is 38.5 Å². The molecule has 1 N–H and O–H groups in total. The lowest BCUT2D eigenvalue weighted by Gasteiger charge is -2.39. The summed E-state index contributed by atoms with van der Waals surface area (Å²) in [5.41, 5.74) is 0.420. The van der Waals surface area contributed by atoms with Gasteiger partial charge in [0.2, 0.25) is 0 Å². The summed E-state index contributed by atoms with van der Waals surface area (Å²) in [5, 5.41) is 10.0. The minimum atomic E-state index is 0.0709. The van der Waals surface area contributed by atoms with Crippen molar-refractivity contribution in [3.05, 3.63) is 0 Å². The molecule has 2 bridgehead atoms. The number of aliphatic hydroxyl groups is 1. The Morgan fingerprint density at radius 2 is 2.00 bits per heavy atom. The molecule has 4 atom stereocenters. The summed E-state index contributed by atoms with van der Waals surface area (Å²) < 4.78 is 0. The van der Waals surface area contributed by atoms with Crippen LogP contribution in [0.25, 0.3) is 0 Å². The van der Waals surface area contributed by atoms with Crippen molar-refractivity contribution in [2.75, 3.05) is 0 Å². The van der Waals surface area contributed by atoms with Crippen molar-refractivity contribution in [2.45, 2.75) is 51.0 Å². The Hall–Kier alpha value is -0.0400. The number of hydrogen-bond acceptors (Lipinski definition) is 1. The molecule has 0 saturated heterocycles. The van der Waals surface area contributed by atoms with Gasteiger partial charge in [-0.25, -0.2) is 0 Å². The maximum absolute atomic E-state index is 10.0. The zero-order valence-corrected chi connectivity index (χ0v) is 7.63. The molecule has 3 aliphatic rings. The third-order valence-corrected chi connectivity index (χ3v) is 4.89. The van der Waals surface area contributed by atoms with E-state index in [0.29, 0.717) is 5.41 Å². The molecule has 0 heterocycles. The summed E-state index contributed by atoms with van der Waals surface area (Å²) in [4.78, 5) is 0. The van der Waals surface area contributed by atoms with Gasteiger partial charge in [0.05, 0.1) is 6.10 Å². The van der Waals surface area contributed by atoms with Gasteiger partial charge in [0.25, 0.3) is 0 Å². The summed E-state index contributed by atoms with van der Waals surface area (Å²) in [6, 6.07) is 0. The Morgan fingerprint density at radius 3 is 2.75 bits per heavy atom. The Balaban J connectivity index is 1.97. The second kappa shape index (κ2) is 2.25. The van der Waals surface area contributed by atoms with E-state index in [-0.39, 0.29) is 6.10 Å². The van der Waals surface area contributed by atoms with Gasteiger partial charge in [-0.3, -0.25) is 0 Å². The monoisotopic (exact) mass is 166 g/mol. The van der Waals surface area contributed by atoms with Crippen LogP contribution in [0.1, 0.15) is 44.9 Å². The molecule has 0 unspecified atom stereocenters. The lowest BCUT2D eigenvalue weighted by atomic mass is 9.68. The molecule has 12 heavy (non-hydrogen) atoms. The van der Waals surface area contributed by atoms with Gasteiger partial charge in [-0.15, -0.1) is 0 Å². The van der Waals surface area contributed by atoms with Crippen molar-refractivity contribution >= 4 is 0 Å². The number of aliphatic hydroxyl groups excluding tert-OH is 1. The van der Waals surface area contributed by atoms with Crippen LogP contribution in [0.15, 0.2) is 0 Å². The largest absolute Gasteiger partial charge is 0.393 e. The lowest BCUT2D eigenvalue weighted by Crippen LogP contribution is -2.36. The molecule has 68 valence electrons. The van der Waals surface area contributed by atoms with Gasteiger partial charge >= 0.3 is 0 Å². The molecule has 3 aliphatic carbocycles. The Labute approximate surface area is 74.2 Å². The standard InChI is InChI=1S/C11H18O/c12-10-7-8-4-6-11(10)5-2-1-3-9(8)11/h8-10,12H,1-7H2/t8-,9-,10-,11-/m0/s1. The van der Waals surface area contributed by atoms with Crippen LogP contribution in [0.5, 0.6) is 0 Å². The topological polar surface area (TPSA) is 20.2 Å². The normalized spacial score (nSPS) is 57.2. The molecule has 0 aliphatic heterocycles. The first-order valence-electron chi connectivity index (χ1n) is 5.51. The molecule has 3 rings (SSSR count). The van der Waals surface area contributed by atoms with Crippen molar-refractivity contribution in [1.82, 2.24) is 0 Å². The van der Waals surface area contributed by atoms with Gasteiger partial charge in [0.1, 0.15) is 0 Å². The minimum Gasteiger partial charge on any atom is -0.393 e. The number of hydrogen-bond donors (Lipinski definition) is 1. The highest BCUT2D eigenvalue weighted by Gasteiger charge is 2.58. The van der Waals surface area contributed by atoms with Gasteiger partial charge in [-0.1, -0.05) is 12.8 Å². The highest BCUT2D eigenvalue weighted by molar-refractivity contribution is 5.08. The summed E-state index contributed by atoms with van der Waals surface area (Å²) in [7, 11) is 0. The second-order valence-electron chi connectivity index (χ2n) is 5.14. The van der Waals surface area contributed by atoms with Crippen LogP contribution in [0.4, 0.5) is 0 Å².